The third kappa shape index (κ3) is 80.3. The summed E-state index contributed by atoms with van der Waals surface area (Å²) >= 11 is 0. The Labute approximate surface area is 474 Å². The van der Waals surface area contributed by atoms with Crippen LogP contribution < -0.4 is 5.73 Å². The molecule has 0 aromatic heterocycles. The van der Waals surface area contributed by atoms with E-state index < -0.39 is 0 Å². The summed E-state index contributed by atoms with van der Waals surface area (Å²) in [5, 5.41) is 15.9. The van der Waals surface area contributed by atoms with Crippen LogP contribution in [-0.4, -0.2) is 164 Å². The molecule has 462 valence electrons. The maximum atomic E-state index is 11.2. The quantitative estimate of drug-likeness (QED) is 0.0295. The largest absolute Gasteiger partial charge is 0.400 e. The number of nitrogens with two attached hydrogens (primary N) is 1. The van der Waals surface area contributed by atoms with Gasteiger partial charge >= 0.3 is 0 Å². The number of ether oxygens (including phenoxy) is 6. The van der Waals surface area contributed by atoms with E-state index in [2.05, 4.69) is 65.2 Å². The minimum Gasteiger partial charge on any atom is -0.400 e. The highest BCUT2D eigenvalue weighted by Crippen LogP contribution is 2.28. The number of aliphatic hydroxyl groups is 2. The maximum absolute atomic E-state index is 11.2. The van der Waals surface area contributed by atoms with Crippen molar-refractivity contribution in [2.45, 2.75) is 224 Å². The van der Waals surface area contributed by atoms with Crippen LogP contribution in [0.3, 0.4) is 0 Å². The van der Waals surface area contributed by atoms with Crippen molar-refractivity contribution in [3.63, 3.8) is 0 Å². The van der Waals surface area contributed by atoms with E-state index in [0.717, 1.165) is 71.1 Å². The number of rotatable bonds is 41. The van der Waals surface area contributed by atoms with Crippen LogP contribution >= 0.6 is 0 Å². The number of β-amino-alcohol motifs (C(OH)–C–C–N with tert-alkyl or cyclic N) is 1. The topological polar surface area (TPSA) is 210 Å². The van der Waals surface area contributed by atoms with E-state index in [0.29, 0.717) is 122 Å². The summed E-state index contributed by atoms with van der Waals surface area (Å²) in [6.07, 6.45) is 25.5. The van der Waals surface area contributed by atoms with E-state index in [9.17, 15) is 24.0 Å². The first-order valence-corrected chi connectivity index (χ1v) is 30.0. The molecular weight excluding hydrogens is 981 g/mol. The molecule has 0 radical (unpaired) electrons. The highest BCUT2D eigenvalue weighted by molar-refractivity contribution is 5.81. The van der Waals surface area contributed by atoms with Gasteiger partial charge < -0.3 is 58.9 Å². The van der Waals surface area contributed by atoms with Crippen molar-refractivity contribution in [3.8, 4) is 0 Å². The normalized spacial score (nSPS) is 14.5. The minimum absolute atomic E-state index is 0.0509. The molecule has 0 spiro atoms. The molecule has 15 nitrogen and oxygen atoms in total. The Bertz CT molecular complexity index is 1260. The fourth-order valence-corrected chi connectivity index (χ4v) is 6.40. The molecule has 1 saturated heterocycles. The van der Waals surface area contributed by atoms with Gasteiger partial charge in [-0.3, -0.25) is 14.4 Å². The van der Waals surface area contributed by atoms with Crippen molar-refractivity contribution < 1.29 is 62.6 Å². The van der Waals surface area contributed by atoms with E-state index in [1.807, 2.05) is 20.9 Å². The van der Waals surface area contributed by atoms with Crippen LogP contribution in [0.1, 0.15) is 218 Å². The Balaban J connectivity index is -0.000000203. The van der Waals surface area contributed by atoms with Crippen LogP contribution in [0.2, 0.25) is 0 Å². The fourth-order valence-electron chi connectivity index (χ4n) is 6.40. The highest BCUT2D eigenvalue weighted by Gasteiger charge is 2.17. The number of likely N-dealkylation sites (N-methyl/N-ethyl adjacent to an activating group) is 1. The molecule has 1 heterocycles. The van der Waals surface area contributed by atoms with Crippen molar-refractivity contribution >= 4 is 29.4 Å². The van der Waals surface area contributed by atoms with Gasteiger partial charge in [0.05, 0.1) is 78.8 Å². The summed E-state index contributed by atoms with van der Waals surface area (Å²) in [6, 6.07) is 0. The zero-order valence-electron chi connectivity index (χ0n) is 52.7. The van der Waals surface area contributed by atoms with Gasteiger partial charge in [0, 0.05) is 70.7 Å². The Morgan fingerprint density at radius 3 is 1.45 bits per heavy atom. The fraction of sp³-hybridized carbons (Fsp3) is 0.887. The molecule has 4 N–H and O–H groups in total. The van der Waals surface area contributed by atoms with Gasteiger partial charge in [-0.05, 0) is 98.1 Å². The lowest BCUT2D eigenvalue weighted by Crippen LogP contribution is -2.24. The van der Waals surface area contributed by atoms with Crippen molar-refractivity contribution in [2.75, 3.05) is 114 Å². The van der Waals surface area contributed by atoms with E-state index in [1.165, 1.54) is 77.7 Å². The maximum Gasteiger partial charge on any atom is 0.135 e. The van der Waals surface area contributed by atoms with Gasteiger partial charge in [0.2, 0.25) is 0 Å². The predicted octanol–water partition coefficient (Wildman–Crippen LogP) is 11.8. The number of hydrogen-bond acceptors (Lipinski definition) is 15. The number of aldehydes is 1. The van der Waals surface area contributed by atoms with E-state index >= 15 is 0 Å². The zero-order valence-corrected chi connectivity index (χ0v) is 52.7. The summed E-state index contributed by atoms with van der Waals surface area (Å²) in [7, 11) is 4.52. The second-order valence-corrected chi connectivity index (χ2v) is 20.0. The molecule has 0 aromatic rings. The van der Waals surface area contributed by atoms with Gasteiger partial charge in [0.15, 0.2) is 0 Å². The second-order valence-electron chi connectivity index (χ2n) is 20.0. The lowest BCUT2D eigenvalue weighted by Gasteiger charge is -2.22. The molecule has 2 rings (SSSR count). The van der Waals surface area contributed by atoms with Crippen LogP contribution in [0.15, 0.2) is 11.6 Å². The number of unbranched alkanes of at least 4 members (excludes halogenated alkanes) is 6. The molecule has 15 heteroatoms. The summed E-state index contributed by atoms with van der Waals surface area (Å²) in [5.74, 6) is 2.50. The van der Waals surface area contributed by atoms with Crippen LogP contribution in [0.25, 0.3) is 0 Å². The van der Waals surface area contributed by atoms with Crippen LogP contribution in [0, 0.1) is 23.7 Å². The standard InChI is InChI=1S/C16H32O5.C14H26O4.C10H18O2.C10H18.C5H11NO.C5H12.CH5N.CH4O/c1-4-15(2)5-7-18-9-11-20-13-14-21-12-10-19-8-6-16(3)17;1-4-12(2)14(10-17-8-5-7-15)11-18-9-6-13(3)16;1-4-8(2)10(12)7-5-6-9(3)11;1-2-3-4-5-6-7-10-8-9-10;1-6-3-2-5(7)4-6;1-3-5-4-2;2*1-2/h15H,4-14H2,1-3H3;7,12,14H,4-6,8-11H2,1-3H3;8H,4-7H2,1-3H3;7H,2-6,8-9H2,1H3;5,7H,2-4H2,1H3;3-5H2,1-2H3;2H2,1H3;2H,1H3. The molecule has 5 unspecified atom stereocenters. The van der Waals surface area contributed by atoms with Gasteiger partial charge in [0.25, 0.3) is 0 Å². The van der Waals surface area contributed by atoms with Crippen molar-refractivity contribution in [1.82, 2.24) is 4.90 Å². The van der Waals surface area contributed by atoms with E-state index in [-0.39, 0.29) is 29.4 Å². The summed E-state index contributed by atoms with van der Waals surface area (Å²) in [4.78, 5) is 55.5. The monoisotopic (exact) mass is 1110 g/mol. The first-order valence-electron chi connectivity index (χ1n) is 30.0. The molecule has 2 fully saturated rings. The minimum atomic E-state index is -0.0509. The third-order valence-electron chi connectivity index (χ3n) is 12.5. The number of hydrogen-bond donors (Lipinski definition) is 3. The average molecular weight is 1110 g/mol. The Kier molecular flexibility index (Phi) is 80.0. The lowest BCUT2D eigenvalue weighted by molar-refractivity contribution is -0.123. The Hall–Kier alpha value is -2.31. The second kappa shape index (κ2) is 71.7. The number of carbonyl (C=O) groups excluding carboxylic acids is 5. The van der Waals surface area contributed by atoms with Crippen LogP contribution in [0.5, 0.6) is 0 Å². The number of carbonyl (C=O) groups is 5. The van der Waals surface area contributed by atoms with Crippen molar-refractivity contribution in [1.29, 1.82) is 0 Å². The molecule has 5 atom stereocenters. The molecular formula is C62H126N2O13. The average Bonchev–Trinajstić information content (AvgIpc) is 4.17. The molecule has 2 aliphatic rings. The Morgan fingerprint density at radius 2 is 1.08 bits per heavy atom. The number of ketones is 4. The first-order chi connectivity index (χ1) is 37.0. The molecule has 0 amide bonds. The van der Waals surface area contributed by atoms with Gasteiger partial charge in [-0.2, -0.15) is 0 Å². The van der Waals surface area contributed by atoms with Gasteiger partial charge in [-0.25, -0.2) is 0 Å². The summed E-state index contributed by atoms with van der Waals surface area (Å²) < 4.78 is 32.4. The highest BCUT2D eigenvalue weighted by atomic mass is 16.6. The summed E-state index contributed by atoms with van der Waals surface area (Å²) in [5.41, 5.74) is 6.21. The Morgan fingerprint density at radius 1 is 0.597 bits per heavy atom. The lowest BCUT2D eigenvalue weighted by atomic mass is 9.93. The zero-order chi connectivity index (χ0) is 59.8. The molecule has 0 bridgehead atoms. The van der Waals surface area contributed by atoms with Crippen molar-refractivity contribution in [2.24, 2.45) is 29.4 Å². The van der Waals surface area contributed by atoms with Crippen molar-refractivity contribution in [3.05, 3.63) is 11.6 Å². The molecule has 1 aliphatic carbocycles. The number of Topliss-reactive ketones (excluding diaryl/α,β-unsaturated/α-hetero) is 4. The first kappa shape index (κ1) is 86.0. The van der Waals surface area contributed by atoms with Gasteiger partial charge in [-0.15, -0.1) is 0 Å². The number of likely N-dealkylation sites (tertiary alicyclic amines) is 1. The van der Waals surface area contributed by atoms with E-state index in [4.69, 9.17) is 38.6 Å². The molecule has 77 heavy (non-hydrogen) atoms. The molecule has 1 aliphatic heterocycles. The number of aliphatic hydroxyl groups excluding tert-OH is 2. The van der Waals surface area contributed by atoms with Crippen LogP contribution in [0.4, 0.5) is 0 Å². The number of allylic oxidation sites excluding steroid dienone is 2. The molecule has 1 saturated carbocycles. The van der Waals surface area contributed by atoms with Gasteiger partial charge in [0.1, 0.15) is 29.4 Å². The SMILES string of the molecule is CCC(C)C(=O)CCCC(C)=O.CCC(C)C(COCCC=O)COCCC(C)=O.CCC(C)CCOCCOCCOCCOCCC(C)=O.CCCCC.CCCCCCC=C1CC1.CN.CN1CCC(O)C1.CO. The van der Waals surface area contributed by atoms with Crippen LogP contribution in [-0.2, 0) is 52.4 Å². The smallest absolute Gasteiger partial charge is 0.135 e. The van der Waals surface area contributed by atoms with E-state index in [1.54, 1.807) is 26.3 Å². The molecule has 0 aromatic carbocycles. The third-order valence-corrected chi connectivity index (χ3v) is 12.5. The number of nitrogens with zero attached hydrogens (tertiary/aromatic N) is 1. The predicted molar refractivity (Wildman–Crippen MR) is 320 cm³/mol. The summed E-state index contributed by atoms with van der Waals surface area (Å²) in [6.45, 7) is 32.9. The van der Waals surface area contributed by atoms with Gasteiger partial charge in [-0.1, -0.05) is 125 Å².